The van der Waals surface area contributed by atoms with Crippen LogP contribution in [0.1, 0.15) is 4.88 Å². The van der Waals surface area contributed by atoms with Gasteiger partial charge in [0.05, 0.1) is 0 Å². The molecule has 3 nitrogen and oxygen atoms in total. The molecule has 0 saturated carbocycles. The van der Waals surface area contributed by atoms with Crippen molar-refractivity contribution in [2.24, 2.45) is 0 Å². The summed E-state index contributed by atoms with van der Waals surface area (Å²) < 4.78 is 5.69. The molecule has 0 bridgehead atoms. The van der Waals surface area contributed by atoms with E-state index in [0.717, 1.165) is 9.35 Å². The molecule has 1 heterocycles. The molecule has 0 fully saturated rings. The highest BCUT2D eigenvalue weighted by Gasteiger charge is 2.10. The van der Waals surface area contributed by atoms with Crippen LogP contribution < -0.4 is 0 Å². The zero-order chi connectivity index (χ0) is 12.0. The van der Waals surface area contributed by atoms with Gasteiger partial charge in [0.15, 0.2) is 0 Å². The summed E-state index contributed by atoms with van der Waals surface area (Å²) in [6.45, 7) is 3.52. The molecule has 0 spiro atoms. The second-order valence-electron chi connectivity index (χ2n) is 2.72. The van der Waals surface area contributed by atoms with Crippen LogP contribution in [0.3, 0.4) is 0 Å². The zero-order valence-electron chi connectivity index (χ0n) is 8.27. The molecular formula is C11H8BrNO2S. The van der Waals surface area contributed by atoms with E-state index in [1.54, 1.807) is 0 Å². The van der Waals surface area contributed by atoms with Crippen LogP contribution in [0.4, 0.5) is 0 Å². The van der Waals surface area contributed by atoms with Crippen LogP contribution in [-0.2, 0) is 9.53 Å². The fourth-order valence-corrected chi connectivity index (χ4v) is 2.27. The van der Waals surface area contributed by atoms with Gasteiger partial charge in [0.1, 0.15) is 18.2 Å². The van der Waals surface area contributed by atoms with Gasteiger partial charge in [0, 0.05) is 14.7 Å². The number of ether oxygens (including phenoxy) is 1. The zero-order valence-corrected chi connectivity index (χ0v) is 10.7. The molecule has 0 saturated heterocycles. The van der Waals surface area contributed by atoms with Gasteiger partial charge in [-0.25, -0.2) is 4.79 Å². The first-order valence-electron chi connectivity index (χ1n) is 4.31. The molecule has 0 N–H and O–H groups in total. The van der Waals surface area contributed by atoms with Gasteiger partial charge >= 0.3 is 5.97 Å². The van der Waals surface area contributed by atoms with E-state index >= 15 is 0 Å². The third kappa shape index (κ3) is 3.65. The molecule has 1 aromatic heterocycles. The molecule has 0 aliphatic rings. The molecule has 82 valence electrons. The van der Waals surface area contributed by atoms with Crippen molar-refractivity contribution >= 4 is 39.3 Å². The molecule has 0 aliphatic carbocycles. The maximum absolute atomic E-state index is 11.4. The Labute approximate surface area is 106 Å². The summed E-state index contributed by atoms with van der Waals surface area (Å²) in [5.41, 5.74) is -0.0174. The average Bonchev–Trinajstić information content (AvgIpc) is 2.68. The van der Waals surface area contributed by atoms with Gasteiger partial charge in [-0.3, -0.25) is 0 Å². The van der Waals surface area contributed by atoms with E-state index in [1.165, 1.54) is 23.5 Å². The Morgan fingerprint density at radius 3 is 3.00 bits per heavy atom. The highest BCUT2D eigenvalue weighted by Crippen LogP contribution is 2.22. The van der Waals surface area contributed by atoms with E-state index < -0.39 is 5.97 Å². The molecule has 0 radical (unpaired) electrons. The maximum atomic E-state index is 11.4. The number of halogens is 1. The van der Waals surface area contributed by atoms with Gasteiger partial charge < -0.3 is 4.74 Å². The van der Waals surface area contributed by atoms with Gasteiger partial charge in [-0.15, -0.1) is 11.3 Å². The van der Waals surface area contributed by atoms with Crippen molar-refractivity contribution in [1.29, 1.82) is 5.26 Å². The normalized spacial score (nSPS) is 10.6. The Balaban J connectivity index is 2.82. The number of nitriles is 1. The van der Waals surface area contributed by atoms with Crippen molar-refractivity contribution in [2.75, 3.05) is 6.61 Å². The SMILES string of the molecule is C=CCOC(=O)/C(C#N)=C\c1cc(Br)cs1. The summed E-state index contributed by atoms with van der Waals surface area (Å²) in [5, 5.41) is 10.7. The van der Waals surface area contributed by atoms with E-state index in [1.807, 2.05) is 17.5 Å². The number of rotatable bonds is 4. The van der Waals surface area contributed by atoms with Crippen molar-refractivity contribution in [3.8, 4) is 6.07 Å². The lowest BCUT2D eigenvalue weighted by Gasteiger charge is -1.98. The third-order valence-electron chi connectivity index (χ3n) is 1.55. The fourth-order valence-electron chi connectivity index (χ4n) is 0.895. The summed E-state index contributed by atoms with van der Waals surface area (Å²) in [7, 11) is 0. The maximum Gasteiger partial charge on any atom is 0.349 e. The highest BCUT2D eigenvalue weighted by molar-refractivity contribution is 9.10. The Bertz CT molecular complexity index is 471. The minimum atomic E-state index is -0.632. The van der Waals surface area contributed by atoms with Crippen LogP contribution in [0.15, 0.2) is 34.1 Å². The lowest BCUT2D eigenvalue weighted by Crippen LogP contribution is -2.06. The number of nitrogens with zero attached hydrogens (tertiary/aromatic N) is 1. The number of carbonyl (C=O) groups excluding carboxylic acids is 1. The minimum absolute atomic E-state index is 0.0174. The molecule has 0 unspecified atom stereocenters. The minimum Gasteiger partial charge on any atom is -0.457 e. The Morgan fingerprint density at radius 2 is 2.50 bits per heavy atom. The second kappa shape index (κ2) is 6.26. The number of hydrogen-bond acceptors (Lipinski definition) is 4. The smallest absolute Gasteiger partial charge is 0.349 e. The van der Waals surface area contributed by atoms with Crippen LogP contribution in [0.2, 0.25) is 0 Å². The fraction of sp³-hybridized carbons (Fsp3) is 0.0909. The largest absolute Gasteiger partial charge is 0.457 e. The molecule has 5 heteroatoms. The summed E-state index contributed by atoms with van der Waals surface area (Å²) >= 11 is 4.72. The molecule has 0 amide bonds. The lowest BCUT2D eigenvalue weighted by atomic mass is 10.2. The molecule has 1 rings (SSSR count). The molecular weight excluding hydrogens is 290 g/mol. The van der Waals surface area contributed by atoms with Gasteiger partial charge in [-0.2, -0.15) is 5.26 Å². The van der Waals surface area contributed by atoms with Crippen LogP contribution >= 0.6 is 27.3 Å². The van der Waals surface area contributed by atoms with Crippen molar-refractivity contribution in [1.82, 2.24) is 0 Å². The molecule has 0 atom stereocenters. The summed E-state index contributed by atoms with van der Waals surface area (Å²) in [6.07, 6.45) is 2.95. The molecule has 0 aliphatic heterocycles. The topological polar surface area (TPSA) is 50.1 Å². The number of esters is 1. The summed E-state index contributed by atoms with van der Waals surface area (Å²) in [4.78, 5) is 12.2. The molecule has 1 aromatic rings. The predicted molar refractivity (Wildman–Crippen MR) is 66.8 cm³/mol. The Morgan fingerprint density at radius 1 is 1.75 bits per heavy atom. The van der Waals surface area contributed by atoms with E-state index in [-0.39, 0.29) is 12.2 Å². The predicted octanol–water partition coefficient (Wildman–Crippen LogP) is 3.15. The Kier molecular flexibility index (Phi) is 4.96. The lowest BCUT2D eigenvalue weighted by molar-refractivity contribution is -0.137. The van der Waals surface area contributed by atoms with Gasteiger partial charge in [-0.05, 0) is 28.1 Å². The standard InChI is InChI=1S/C11H8BrNO2S/c1-2-3-15-11(14)8(6-13)4-10-5-9(12)7-16-10/h2,4-5,7H,1,3H2/b8-4-. The van der Waals surface area contributed by atoms with Crippen LogP contribution in [0.25, 0.3) is 6.08 Å². The van der Waals surface area contributed by atoms with E-state index in [4.69, 9.17) is 10.00 Å². The Hall–Kier alpha value is -1.38. The van der Waals surface area contributed by atoms with Gasteiger partial charge in [0.25, 0.3) is 0 Å². The monoisotopic (exact) mass is 297 g/mol. The van der Waals surface area contributed by atoms with Gasteiger partial charge in [0.2, 0.25) is 0 Å². The average molecular weight is 298 g/mol. The molecule has 0 aromatic carbocycles. The van der Waals surface area contributed by atoms with E-state index in [9.17, 15) is 4.79 Å². The first kappa shape index (κ1) is 12.7. The van der Waals surface area contributed by atoms with Crippen LogP contribution in [-0.4, -0.2) is 12.6 Å². The second-order valence-corrected chi connectivity index (χ2v) is 4.58. The van der Waals surface area contributed by atoms with E-state index in [2.05, 4.69) is 22.5 Å². The van der Waals surface area contributed by atoms with Crippen molar-refractivity contribution in [2.45, 2.75) is 0 Å². The first-order chi connectivity index (χ1) is 7.67. The molecule has 16 heavy (non-hydrogen) atoms. The van der Waals surface area contributed by atoms with Crippen molar-refractivity contribution in [3.05, 3.63) is 39.0 Å². The summed E-state index contributed by atoms with van der Waals surface area (Å²) in [5.74, 6) is -0.632. The highest BCUT2D eigenvalue weighted by atomic mass is 79.9. The van der Waals surface area contributed by atoms with E-state index in [0.29, 0.717) is 0 Å². The van der Waals surface area contributed by atoms with Crippen molar-refractivity contribution in [3.63, 3.8) is 0 Å². The van der Waals surface area contributed by atoms with Gasteiger partial charge in [-0.1, -0.05) is 12.7 Å². The third-order valence-corrected chi connectivity index (χ3v) is 3.19. The quantitative estimate of drug-likeness (QED) is 0.371. The number of carbonyl (C=O) groups is 1. The first-order valence-corrected chi connectivity index (χ1v) is 5.98. The number of hydrogen-bond donors (Lipinski definition) is 0. The number of thiophene rings is 1. The van der Waals surface area contributed by atoms with Crippen LogP contribution in [0.5, 0.6) is 0 Å². The summed E-state index contributed by atoms with van der Waals surface area (Å²) in [6, 6.07) is 3.63. The van der Waals surface area contributed by atoms with Crippen molar-refractivity contribution < 1.29 is 9.53 Å². The van der Waals surface area contributed by atoms with Crippen LogP contribution in [0, 0.1) is 11.3 Å².